The number of aromatic amines is 2. The largest absolute Gasteiger partial charge is 0.316 e. The Kier molecular flexibility index (Phi) is 4.03. The molecule has 0 aliphatic carbocycles. The van der Waals surface area contributed by atoms with E-state index in [0.717, 1.165) is 23.2 Å². The quantitative estimate of drug-likeness (QED) is 0.566. The lowest BCUT2D eigenvalue weighted by atomic mass is 9.98. The molecule has 0 amide bonds. The van der Waals surface area contributed by atoms with E-state index < -0.39 is 10.0 Å². The Hall–Kier alpha value is -2.42. The molecular weight excluding hydrogens is 314 g/mol. The summed E-state index contributed by atoms with van der Waals surface area (Å²) in [5.74, 6) is 0.448. The van der Waals surface area contributed by atoms with Gasteiger partial charge in [-0.2, -0.15) is 0 Å². The Morgan fingerprint density at radius 2 is 1.87 bits per heavy atom. The van der Waals surface area contributed by atoms with Gasteiger partial charge in [0.1, 0.15) is 0 Å². The minimum atomic E-state index is -3.86. The minimum Gasteiger partial charge on any atom is -0.316 e. The Morgan fingerprint density at radius 3 is 2.39 bits per heavy atom. The standard InChI is InChI=1S/C15H17N5O2S/c1-17-9-10-5-7-11(8-6-10)12-3-2-4-13(23(16,21)22)14(12)15-18-20-19-15/h2-8,17,20H,9H2,1H3,(H,18,19)(H2,16,21,22). The highest BCUT2D eigenvalue weighted by molar-refractivity contribution is 7.89. The molecule has 5 N–H and O–H groups in total. The average Bonchev–Trinajstić information content (AvgIpc) is 2.46. The lowest BCUT2D eigenvalue weighted by molar-refractivity contribution is 0.597. The van der Waals surface area contributed by atoms with Crippen LogP contribution in [0.1, 0.15) is 5.56 Å². The van der Waals surface area contributed by atoms with Gasteiger partial charge in [-0.25, -0.2) is 18.8 Å². The van der Waals surface area contributed by atoms with Gasteiger partial charge in [-0.1, -0.05) is 36.4 Å². The first-order valence-electron chi connectivity index (χ1n) is 6.99. The van der Waals surface area contributed by atoms with E-state index in [0.29, 0.717) is 11.4 Å². The molecule has 0 aliphatic rings. The second-order valence-electron chi connectivity index (χ2n) is 5.15. The van der Waals surface area contributed by atoms with E-state index in [9.17, 15) is 8.42 Å². The summed E-state index contributed by atoms with van der Waals surface area (Å²) in [5.41, 5.74) is 3.25. The van der Waals surface area contributed by atoms with Crippen LogP contribution < -0.4 is 10.5 Å². The summed E-state index contributed by atoms with van der Waals surface area (Å²) in [5, 5.41) is 17.7. The van der Waals surface area contributed by atoms with Crippen molar-refractivity contribution in [2.75, 3.05) is 7.05 Å². The second kappa shape index (κ2) is 5.99. The lowest BCUT2D eigenvalue weighted by Crippen LogP contribution is -2.15. The van der Waals surface area contributed by atoms with Gasteiger partial charge in [-0.3, -0.25) is 5.10 Å². The normalized spacial score (nSPS) is 11.7. The molecule has 1 aromatic heterocycles. The van der Waals surface area contributed by atoms with Gasteiger partial charge in [-0.05, 0) is 29.8 Å². The maximum Gasteiger partial charge on any atom is 0.238 e. The lowest BCUT2D eigenvalue weighted by Gasteiger charge is -2.14. The molecule has 0 saturated carbocycles. The molecule has 23 heavy (non-hydrogen) atoms. The molecular formula is C15H17N5O2S. The number of primary sulfonamides is 1. The van der Waals surface area contributed by atoms with Crippen LogP contribution in [0.4, 0.5) is 0 Å². The SMILES string of the molecule is CNCc1ccc(-c2cccc(S(N)(=O)=O)c2-c2n[nH][nH]2)cc1. The number of H-pyrrole nitrogens is 2. The third-order valence-electron chi connectivity index (χ3n) is 3.56. The first kappa shape index (κ1) is 15.5. The van der Waals surface area contributed by atoms with E-state index in [1.807, 2.05) is 37.4 Å². The molecule has 0 radical (unpaired) electrons. The third kappa shape index (κ3) is 3.04. The van der Waals surface area contributed by atoms with Crippen LogP contribution in [0.2, 0.25) is 0 Å². The van der Waals surface area contributed by atoms with Gasteiger partial charge < -0.3 is 5.32 Å². The number of benzene rings is 2. The molecule has 0 aliphatic heterocycles. The number of hydrogen-bond acceptors (Lipinski definition) is 4. The first-order chi connectivity index (χ1) is 11.0. The number of sulfonamides is 1. The van der Waals surface area contributed by atoms with Gasteiger partial charge in [0.15, 0.2) is 5.82 Å². The van der Waals surface area contributed by atoms with Crippen LogP contribution in [0, 0.1) is 0 Å². The van der Waals surface area contributed by atoms with E-state index in [2.05, 4.69) is 20.7 Å². The Morgan fingerprint density at radius 1 is 1.17 bits per heavy atom. The molecule has 120 valence electrons. The van der Waals surface area contributed by atoms with E-state index in [4.69, 9.17) is 5.14 Å². The maximum absolute atomic E-state index is 11.9. The molecule has 7 nitrogen and oxygen atoms in total. The summed E-state index contributed by atoms with van der Waals surface area (Å²) < 4.78 is 23.8. The van der Waals surface area contributed by atoms with Crippen LogP contribution in [0.15, 0.2) is 47.4 Å². The van der Waals surface area contributed by atoms with Crippen molar-refractivity contribution in [1.29, 1.82) is 0 Å². The number of hydrogen-bond donors (Lipinski definition) is 4. The fourth-order valence-electron chi connectivity index (χ4n) is 2.49. The van der Waals surface area contributed by atoms with E-state index >= 15 is 0 Å². The van der Waals surface area contributed by atoms with Gasteiger partial charge in [0.2, 0.25) is 10.0 Å². The van der Waals surface area contributed by atoms with Crippen molar-refractivity contribution in [1.82, 2.24) is 20.7 Å². The molecule has 8 heteroatoms. The number of rotatable bonds is 5. The second-order valence-corrected chi connectivity index (χ2v) is 6.68. The van der Waals surface area contributed by atoms with Gasteiger partial charge in [0, 0.05) is 12.1 Å². The van der Waals surface area contributed by atoms with Crippen molar-refractivity contribution in [3.63, 3.8) is 0 Å². The van der Waals surface area contributed by atoms with Crippen molar-refractivity contribution in [3.05, 3.63) is 48.0 Å². The Labute approximate surface area is 134 Å². The highest BCUT2D eigenvalue weighted by Gasteiger charge is 2.21. The molecule has 0 bridgehead atoms. The summed E-state index contributed by atoms with van der Waals surface area (Å²) in [4.78, 5) is 0.0436. The minimum absolute atomic E-state index is 0.0436. The fourth-order valence-corrected chi connectivity index (χ4v) is 3.25. The molecule has 0 spiro atoms. The predicted octanol–water partition coefficient (Wildman–Crippen LogP) is 1.44. The van der Waals surface area contributed by atoms with Crippen molar-refractivity contribution in [2.45, 2.75) is 11.4 Å². The molecule has 0 atom stereocenters. The number of aromatic nitrogens is 3. The maximum atomic E-state index is 11.9. The highest BCUT2D eigenvalue weighted by atomic mass is 32.2. The number of nitrogens with one attached hydrogen (secondary N) is 3. The zero-order valence-corrected chi connectivity index (χ0v) is 13.3. The molecule has 0 unspecified atom stereocenters. The van der Waals surface area contributed by atoms with Gasteiger partial charge in [-0.15, -0.1) is 5.10 Å². The number of nitrogens with two attached hydrogens (primary N) is 1. The molecule has 0 saturated heterocycles. The van der Waals surface area contributed by atoms with Crippen LogP contribution >= 0.6 is 0 Å². The topological polar surface area (TPSA) is 117 Å². The summed E-state index contributed by atoms with van der Waals surface area (Å²) in [6.07, 6.45) is 0. The monoisotopic (exact) mass is 331 g/mol. The smallest absolute Gasteiger partial charge is 0.238 e. The molecule has 3 aromatic rings. The van der Waals surface area contributed by atoms with Gasteiger partial charge in [0.25, 0.3) is 0 Å². The average molecular weight is 331 g/mol. The molecule has 0 fully saturated rings. The van der Waals surface area contributed by atoms with Crippen molar-refractivity contribution >= 4 is 10.0 Å². The molecule has 2 aromatic carbocycles. The van der Waals surface area contributed by atoms with Crippen LogP contribution in [-0.2, 0) is 16.6 Å². The van der Waals surface area contributed by atoms with Crippen LogP contribution in [0.25, 0.3) is 22.5 Å². The van der Waals surface area contributed by atoms with Crippen molar-refractivity contribution in [2.24, 2.45) is 5.14 Å². The van der Waals surface area contributed by atoms with E-state index in [-0.39, 0.29) is 4.90 Å². The fraction of sp³-hybridized carbons (Fsp3) is 0.133. The van der Waals surface area contributed by atoms with Gasteiger partial charge >= 0.3 is 0 Å². The van der Waals surface area contributed by atoms with E-state index in [1.165, 1.54) is 6.07 Å². The zero-order chi connectivity index (χ0) is 16.4. The Balaban J connectivity index is 2.17. The van der Waals surface area contributed by atoms with Gasteiger partial charge in [0.05, 0.1) is 4.90 Å². The third-order valence-corrected chi connectivity index (χ3v) is 4.51. The number of nitrogens with zero attached hydrogens (tertiary/aromatic N) is 1. The van der Waals surface area contributed by atoms with Crippen molar-refractivity contribution in [3.8, 4) is 22.5 Å². The molecule has 3 rings (SSSR count). The highest BCUT2D eigenvalue weighted by Crippen LogP contribution is 2.35. The first-order valence-corrected chi connectivity index (χ1v) is 8.54. The summed E-state index contributed by atoms with van der Waals surface area (Å²) in [6.45, 7) is 0.766. The summed E-state index contributed by atoms with van der Waals surface area (Å²) in [7, 11) is -1.98. The zero-order valence-electron chi connectivity index (χ0n) is 12.5. The van der Waals surface area contributed by atoms with Crippen molar-refractivity contribution < 1.29 is 8.42 Å². The van der Waals surface area contributed by atoms with E-state index in [1.54, 1.807) is 6.07 Å². The van der Waals surface area contributed by atoms with Crippen LogP contribution in [0.3, 0.4) is 0 Å². The predicted molar refractivity (Wildman–Crippen MR) is 87.9 cm³/mol. The molecule has 1 heterocycles. The Bertz CT molecular complexity index is 901. The van der Waals surface area contributed by atoms with Crippen LogP contribution in [0.5, 0.6) is 0 Å². The van der Waals surface area contributed by atoms with Crippen LogP contribution in [-0.4, -0.2) is 30.9 Å². The summed E-state index contributed by atoms with van der Waals surface area (Å²) >= 11 is 0. The summed E-state index contributed by atoms with van der Waals surface area (Å²) in [6, 6.07) is 12.9.